The molecular weight excluding hydrogens is 286 g/mol. The van der Waals surface area contributed by atoms with Crippen molar-refractivity contribution < 1.29 is 9.21 Å². The van der Waals surface area contributed by atoms with Gasteiger partial charge in [0.15, 0.2) is 0 Å². The molecule has 23 heavy (non-hydrogen) atoms. The fourth-order valence-electron chi connectivity index (χ4n) is 3.38. The van der Waals surface area contributed by atoms with Crippen molar-refractivity contribution in [1.82, 2.24) is 0 Å². The van der Waals surface area contributed by atoms with Crippen LogP contribution in [0.25, 0.3) is 11.0 Å². The van der Waals surface area contributed by atoms with Crippen LogP contribution in [0.5, 0.6) is 0 Å². The van der Waals surface area contributed by atoms with Crippen molar-refractivity contribution in [2.45, 2.75) is 26.2 Å². The van der Waals surface area contributed by atoms with Gasteiger partial charge < -0.3 is 9.32 Å². The molecule has 3 nitrogen and oxygen atoms in total. The molecule has 0 atom stereocenters. The predicted octanol–water partition coefficient (Wildman–Crippen LogP) is 4.26. The molecule has 0 N–H and O–H groups in total. The van der Waals surface area contributed by atoms with Crippen LogP contribution < -0.4 is 4.90 Å². The smallest absolute Gasteiger partial charge is 0.231 e. The van der Waals surface area contributed by atoms with Gasteiger partial charge in [-0.05, 0) is 43.5 Å². The number of hydrogen-bond acceptors (Lipinski definition) is 2. The highest BCUT2D eigenvalue weighted by molar-refractivity contribution is 5.98. The molecule has 1 aliphatic heterocycles. The number of carbonyl (C=O) groups is 1. The van der Waals surface area contributed by atoms with Gasteiger partial charge in [-0.15, -0.1) is 0 Å². The van der Waals surface area contributed by atoms with E-state index in [0.717, 1.165) is 41.6 Å². The highest BCUT2D eigenvalue weighted by Gasteiger charge is 2.23. The Bertz CT molecular complexity index is 878. The van der Waals surface area contributed by atoms with Crippen LogP contribution in [-0.4, -0.2) is 12.5 Å². The summed E-state index contributed by atoms with van der Waals surface area (Å²) in [7, 11) is 0. The van der Waals surface area contributed by atoms with E-state index in [4.69, 9.17) is 4.42 Å². The molecule has 0 saturated carbocycles. The number of hydrogen-bond donors (Lipinski definition) is 0. The third-order valence-electron chi connectivity index (χ3n) is 4.56. The Kier molecular flexibility index (Phi) is 3.41. The largest absolute Gasteiger partial charge is 0.464 e. The first kappa shape index (κ1) is 14.1. The van der Waals surface area contributed by atoms with E-state index in [0.29, 0.717) is 6.42 Å². The lowest BCUT2D eigenvalue weighted by molar-refractivity contribution is -0.118. The van der Waals surface area contributed by atoms with Gasteiger partial charge in [-0.1, -0.05) is 29.8 Å². The van der Waals surface area contributed by atoms with Gasteiger partial charge in [-0.2, -0.15) is 0 Å². The van der Waals surface area contributed by atoms with Gasteiger partial charge in [0.1, 0.15) is 5.58 Å². The Hall–Kier alpha value is -2.55. The van der Waals surface area contributed by atoms with Gasteiger partial charge in [-0.3, -0.25) is 4.79 Å². The van der Waals surface area contributed by atoms with E-state index in [9.17, 15) is 4.79 Å². The number of fused-ring (bicyclic) bond motifs is 2. The van der Waals surface area contributed by atoms with Crippen LogP contribution in [0.4, 0.5) is 5.69 Å². The zero-order chi connectivity index (χ0) is 15.8. The second-order valence-corrected chi connectivity index (χ2v) is 6.21. The first-order valence-electron chi connectivity index (χ1n) is 8.07. The number of aryl methyl sites for hydroxylation is 2. The molecule has 2 aromatic carbocycles. The van der Waals surface area contributed by atoms with Crippen LogP contribution in [0.3, 0.4) is 0 Å². The Balaban J connectivity index is 1.64. The number of furan rings is 1. The molecule has 0 radical (unpaired) electrons. The van der Waals surface area contributed by atoms with E-state index in [1.165, 1.54) is 11.1 Å². The van der Waals surface area contributed by atoms with Crippen LogP contribution in [-0.2, 0) is 17.6 Å². The quantitative estimate of drug-likeness (QED) is 0.708. The van der Waals surface area contributed by atoms with E-state index in [1.807, 2.05) is 35.2 Å². The maximum atomic E-state index is 12.8. The topological polar surface area (TPSA) is 33.5 Å². The molecule has 1 aromatic heterocycles. The summed E-state index contributed by atoms with van der Waals surface area (Å²) in [6.07, 6.45) is 4.17. The maximum Gasteiger partial charge on any atom is 0.231 e. The van der Waals surface area contributed by atoms with Crippen molar-refractivity contribution in [3.8, 4) is 0 Å². The number of carbonyl (C=O) groups excluding carboxylic acids is 1. The van der Waals surface area contributed by atoms with Gasteiger partial charge >= 0.3 is 0 Å². The lowest BCUT2D eigenvalue weighted by Gasteiger charge is -2.29. The van der Waals surface area contributed by atoms with Crippen molar-refractivity contribution >= 4 is 22.6 Å². The maximum absolute atomic E-state index is 12.8. The summed E-state index contributed by atoms with van der Waals surface area (Å²) in [5.41, 5.74) is 5.32. The van der Waals surface area contributed by atoms with E-state index in [1.54, 1.807) is 6.26 Å². The molecule has 2 heterocycles. The van der Waals surface area contributed by atoms with Crippen molar-refractivity contribution in [2.24, 2.45) is 0 Å². The highest BCUT2D eigenvalue weighted by atomic mass is 16.3. The lowest BCUT2D eigenvalue weighted by atomic mass is 10.0. The average Bonchev–Trinajstić information content (AvgIpc) is 2.96. The van der Waals surface area contributed by atoms with Crippen molar-refractivity contribution in [1.29, 1.82) is 0 Å². The van der Waals surface area contributed by atoms with Gasteiger partial charge in [0.25, 0.3) is 0 Å². The summed E-state index contributed by atoms with van der Waals surface area (Å²) >= 11 is 0. The van der Waals surface area contributed by atoms with Crippen LogP contribution in [0.15, 0.2) is 53.1 Å². The van der Waals surface area contributed by atoms with Crippen LogP contribution in [0, 0.1) is 6.92 Å². The molecule has 1 aliphatic rings. The predicted molar refractivity (Wildman–Crippen MR) is 91.8 cm³/mol. The highest BCUT2D eigenvalue weighted by Crippen LogP contribution is 2.29. The third kappa shape index (κ3) is 2.52. The molecule has 3 aromatic rings. The van der Waals surface area contributed by atoms with E-state index in [2.05, 4.69) is 19.1 Å². The summed E-state index contributed by atoms with van der Waals surface area (Å²) < 4.78 is 5.59. The molecule has 4 rings (SSSR count). The Morgan fingerprint density at radius 2 is 2.09 bits per heavy atom. The van der Waals surface area contributed by atoms with E-state index >= 15 is 0 Å². The molecule has 0 bridgehead atoms. The summed E-state index contributed by atoms with van der Waals surface area (Å²) in [6.45, 7) is 2.85. The van der Waals surface area contributed by atoms with Gasteiger partial charge in [0.05, 0.1) is 12.7 Å². The first-order valence-corrected chi connectivity index (χ1v) is 8.07. The summed E-state index contributed by atoms with van der Waals surface area (Å²) in [6, 6.07) is 14.3. The van der Waals surface area contributed by atoms with Crippen molar-refractivity contribution in [3.63, 3.8) is 0 Å². The number of anilines is 1. The molecule has 1 amide bonds. The second-order valence-electron chi connectivity index (χ2n) is 6.21. The fraction of sp³-hybridized carbons (Fsp3) is 0.250. The fourth-order valence-corrected chi connectivity index (χ4v) is 3.38. The van der Waals surface area contributed by atoms with Crippen molar-refractivity contribution in [2.75, 3.05) is 11.4 Å². The summed E-state index contributed by atoms with van der Waals surface area (Å²) in [5.74, 6) is 0.140. The number of benzene rings is 2. The van der Waals surface area contributed by atoms with Crippen molar-refractivity contribution in [3.05, 3.63) is 65.4 Å². The minimum absolute atomic E-state index is 0.140. The Labute approximate surface area is 135 Å². The summed E-state index contributed by atoms with van der Waals surface area (Å²) in [4.78, 5) is 14.8. The zero-order valence-electron chi connectivity index (χ0n) is 13.2. The number of amides is 1. The SMILES string of the molecule is Cc1ccc2occ(CC(=O)N3CCCc4ccccc43)c2c1. The van der Waals surface area contributed by atoms with Gasteiger partial charge in [0, 0.05) is 23.2 Å². The third-order valence-corrected chi connectivity index (χ3v) is 4.56. The molecule has 3 heteroatoms. The molecule has 0 saturated heterocycles. The lowest BCUT2D eigenvalue weighted by Crippen LogP contribution is -2.36. The average molecular weight is 305 g/mol. The minimum Gasteiger partial charge on any atom is -0.464 e. The monoisotopic (exact) mass is 305 g/mol. The second kappa shape index (κ2) is 5.58. The van der Waals surface area contributed by atoms with Crippen LogP contribution in [0.2, 0.25) is 0 Å². The van der Waals surface area contributed by atoms with Gasteiger partial charge in [-0.25, -0.2) is 0 Å². The molecular formula is C20H19NO2. The number of para-hydroxylation sites is 1. The Morgan fingerprint density at radius 1 is 1.22 bits per heavy atom. The zero-order valence-corrected chi connectivity index (χ0v) is 13.2. The molecule has 0 aliphatic carbocycles. The first-order chi connectivity index (χ1) is 11.2. The molecule has 0 fully saturated rings. The molecule has 116 valence electrons. The Morgan fingerprint density at radius 3 is 3.00 bits per heavy atom. The van der Waals surface area contributed by atoms with E-state index < -0.39 is 0 Å². The normalized spacial score (nSPS) is 14.0. The molecule has 0 unspecified atom stereocenters. The van der Waals surface area contributed by atoms with Gasteiger partial charge in [0.2, 0.25) is 5.91 Å². The van der Waals surface area contributed by atoms with Crippen LogP contribution >= 0.6 is 0 Å². The van der Waals surface area contributed by atoms with Crippen LogP contribution in [0.1, 0.15) is 23.1 Å². The molecule has 0 spiro atoms. The minimum atomic E-state index is 0.140. The van der Waals surface area contributed by atoms with E-state index in [-0.39, 0.29) is 5.91 Å². The number of nitrogens with zero attached hydrogens (tertiary/aromatic N) is 1. The number of rotatable bonds is 2. The summed E-state index contributed by atoms with van der Waals surface area (Å²) in [5, 5.41) is 1.05. The standard InChI is InChI=1S/C20H19NO2/c1-14-8-9-19-17(11-14)16(13-23-19)12-20(22)21-10-4-6-15-5-2-3-7-18(15)21/h2-3,5,7-9,11,13H,4,6,10,12H2,1H3.